The number of fused-ring (bicyclic) bond motifs is 1. The molecule has 2 rings (SSSR count). The van der Waals surface area contributed by atoms with E-state index in [4.69, 9.17) is 0 Å². The van der Waals surface area contributed by atoms with Crippen molar-refractivity contribution in [3.8, 4) is 0 Å². The maximum absolute atomic E-state index is 13.3. The van der Waals surface area contributed by atoms with Crippen LogP contribution in [-0.4, -0.2) is 22.1 Å². The third kappa shape index (κ3) is 3.57. The minimum absolute atomic E-state index is 0.216. The molecule has 1 heterocycles. The molecule has 0 fully saturated rings. The summed E-state index contributed by atoms with van der Waals surface area (Å²) in [6.07, 6.45) is 3.03. The first-order chi connectivity index (χ1) is 9.61. The van der Waals surface area contributed by atoms with Crippen LogP contribution in [0.2, 0.25) is 0 Å². The highest BCUT2D eigenvalue weighted by atomic mass is 19.1. The Morgan fingerprint density at radius 2 is 2.15 bits per heavy atom. The van der Waals surface area contributed by atoms with Gasteiger partial charge in [0, 0.05) is 25.1 Å². The van der Waals surface area contributed by atoms with Crippen LogP contribution in [0.1, 0.15) is 39.4 Å². The van der Waals surface area contributed by atoms with Crippen molar-refractivity contribution in [2.75, 3.05) is 6.54 Å². The largest absolute Gasteiger partial charge is 0.328 e. The van der Waals surface area contributed by atoms with E-state index in [2.05, 4.69) is 35.6 Å². The minimum atomic E-state index is -0.216. The van der Waals surface area contributed by atoms with Gasteiger partial charge in [-0.25, -0.2) is 9.37 Å². The monoisotopic (exact) mass is 277 g/mol. The first kappa shape index (κ1) is 15.0. The number of nitrogens with one attached hydrogen (secondary N) is 1. The lowest BCUT2D eigenvalue weighted by atomic mass is 10.2. The van der Waals surface area contributed by atoms with Crippen LogP contribution >= 0.6 is 0 Å². The van der Waals surface area contributed by atoms with Crippen molar-refractivity contribution in [3.63, 3.8) is 0 Å². The number of imidazole rings is 1. The first-order valence-corrected chi connectivity index (χ1v) is 7.50. The summed E-state index contributed by atoms with van der Waals surface area (Å²) < 4.78 is 15.5. The number of nitrogens with zero attached hydrogens (tertiary/aromatic N) is 2. The van der Waals surface area contributed by atoms with E-state index in [1.807, 2.05) is 6.07 Å². The maximum atomic E-state index is 13.3. The summed E-state index contributed by atoms with van der Waals surface area (Å²) in [6, 6.07) is 5.39. The molecule has 0 unspecified atom stereocenters. The number of aromatic nitrogens is 2. The van der Waals surface area contributed by atoms with Crippen molar-refractivity contribution in [2.45, 2.75) is 52.6 Å². The summed E-state index contributed by atoms with van der Waals surface area (Å²) in [7, 11) is 0. The molecule has 0 saturated carbocycles. The van der Waals surface area contributed by atoms with Crippen LogP contribution in [0.5, 0.6) is 0 Å². The Kier molecular flexibility index (Phi) is 5.12. The maximum Gasteiger partial charge on any atom is 0.125 e. The Balaban J connectivity index is 2.16. The molecule has 0 atom stereocenters. The second kappa shape index (κ2) is 6.84. The molecule has 3 nitrogen and oxygen atoms in total. The SMILES string of the molecule is CCCn1c(CCCNC(C)C)nc2cc(F)ccc21. The van der Waals surface area contributed by atoms with Crippen molar-refractivity contribution < 1.29 is 4.39 Å². The van der Waals surface area contributed by atoms with Crippen LogP contribution in [0.3, 0.4) is 0 Å². The van der Waals surface area contributed by atoms with E-state index in [1.54, 1.807) is 0 Å². The third-order valence-electron chi connectivity index (χ3n) is 3.37. The van der Waals surface area contributed by atoms with Gasteiger partial charge in [0.05, 0.1) is 11.0 Å². The van der Waals surface area contributed by atoms with Crippen molar-refractivity contribution in [2.24, 2.45) is 0 Å². The van der Waals surface area contributed by atoms with Gasteiger partial charge < -0.3 is 9.88 Å². The van der Waals surface area contributed by atoms with Gasteiger partial charge >= 0.3 is 0 Å². The van der Waals surface area contributed by atoms with Gasteiger partial charge in [-0.05, 0) is 31.5 Å². The van der Waals surface area contributed by atoms with Gasteiger partial charge in [-0.3, -0.25) is 0 Å². The molecule has 110 valence electrons. The fourth-order valence-electron chi connectivity index (χ4n) is 2.45. The molecular formula is C16H24FN3. The standard InChI is InChI=1S/C16H24FN3/c1-4-10-20-15-8-7-13(17)11-14(15)19-16(20)6-5-9-18-12(2)3/h7-8,11-12,18H,4-6,9-10H2,1-3H3. The van der Waals surface area contributed by atoms with Crippen molar-refractivity contribution in [1.29, 1.82) is 0 Å². The quantitative estimate of drug-likeness (QED) is 0.785. The van der Waals surface area contributed by atoms with Gasteiger partial charge in [-0.1, -0.05) is 20.8 Å². The number of halogens is 1. The molecule has 4 heteroatoms. The highest BCUT2D eigenvalue weighted by Crippen LogP contribution is 2.19. The van der Waals surface area contributed by atoms with Crippen LogP contribution in [0, 0.1) is 5.82 Å². The van der Waals surface area contributed by atoms with E-state index in [0.717, 1.165) is 49.2 Å². The lowest BCUT2D eigenvalue weighted by Gasteiger charge is -2.09. The molecule has 0 aliphatic rings. The Labute approximate surface area is 120 Å². The summed E-state index contributed by atoms with van der Waals surface area (Å²) in [5, 5.41) is 3.41. The fraction of sp³-hybridized carbons (Fsp3) is 0.562. The van der Waals surface area contributed by atoms with Gasteiger partial charge in [-0.2, -0.15) is 0 Å². The number of aryl methyl sites for hydroxylation is 2. The van der Waals surface area contributed by atoms with E-state index in [9.17, 15) is 4.39 Å². The molecule has 0 bridgehead atoms. The van der Waals surface area contributed by atoms with Gasteiger partial charge in [0.15, 0.2) is 0 Å². The summed E-state index contributed by atoms with van der Waals surface area (Å²) in [6.45, 7) is 8.38. The zero-order valence-electron chi connectivity index (χ0n) is 12.6. The predicted molar refractivity (Wildman–Crippen MR) is 81.4 cm³/mol. The Bertz CT molecular complexity index is 560. The molecule has 0 amide bonds. The molecule has 0 spiro atoms. The average Bonchev–Trinajstić information content (AvgIpc) is 2.72. The van der Waals surface area contributed by atoms with Crippen LogP contribution in [0.4, 0.5) is 4.39 Å². The summed E-state index contributed by atoms with van der Waals surface area (Å²) in [4.78, 5) is 4.60. The topological polar surface area (TPSA) is 29.9 Å². The molecule has 0 radical (unpaired) electrons. The zero-order chi connectivity index (χ0) is 14.5. The Morgan fingerprint density at radius 3 is 2.85 bits per heavy atom. The van der Waals surface area contributed by atoms with Gasteiger partial charge in [0.1, 0.15) is 11.6 Å². The number of rotatable bonds is 7. The van der Waals surface area contributed by atoms with Crippen molar-refractivity contribution >= 4 is 11.0 Å². The normalized spacial score (nSPS) is 11.7. The van der Waals surface area contributed by atoms with E-state index in [0.29, 0.717) is 6.04 Å². The summed E-state index contributed by atoms with van der Waals surface area (Å²) in [5.41, 5.74) is 1.81. The highest BCUT2D eigenvalue weighted by Gasteiger charge is 2.10. The molecule has 2 aromatic rings. The molecule has 1 aromatic heterocycles. The highest BCUT2D eigenvalue weighted by molar-refractivity contribution is 5.76. The summed E-state index contributed by atoms with van der Waals surface area (Å²) in [5.74, 6) is 0.852. The second-order valence-electron chi connectivity index (χ2n) is 5.53. The molecule has 0 saturated heterocycles. The van der Waals surface area contributed by atoms with Crippen LogP contribution < -0.4 is 5.32 Å². The van der Waals surface area contributed by atoms with Gasteiger partial charge in [0.2, 0.25) is 0 Å². The third-order valence-corrected chi connectivity index (χ3v) is 3.37. The van der Waals surface area contributed by atoms with Crippen molar-refractivity contribution in [1.82, 2.24) is 14.9 Å². The van der Waals surface area contributed by atoms with Gasteiger partial charge in [-0.15, -0.1) is 0 Å². The van der Waals surface area contributed by atoms with E-state index < -0.39 is 0 Å². The van der Waals surface area contributed by atoms with E-state index in [-0.39, 0.29) is 5.82 Å². The smallest absolute Gasteiger partial charge is 0.125 e. The van der Waals surface area contributed by atoms with Gasteiger partial charge in [0.25, 0.3) is 0 Å². The molecule has 20 heavy (non-hydrogen) atoms. The van der Waals surface area contributed by atoms with Crippen molar-refractivity contribution in [3.05, 3.63) is 29.8 Å². The fourth-order valence-corrected chi connectivity index (χ4v) is 2.45. The minimum Gasteiger partial charge on any atom is -0.328 e. The van der Waals surface area contributed by atoms with E-state index >= 15 is 0 Å². The molecule has 1 N–H and O–H groups in total. The molecule has 0 aliphatic heterocycles. The lowest BCUT2D eigenvalue weighted by molar-refractivity contribution is 0.556. The molecule has 1 aromatic carbocycles. The second-order valence-corrected chi connectivity index (χ2v) is 5.53. The number of hydrogen-bond donors (Lipinski definition) is 1. The summed E-state index contributed by atoms with van der Waals surface area (Å²) >= 11 is 0. The van der Waals surface area contributed by atoms with E-state index in [1.165, 1.54) is 12.1 Å². The number of benzene rings is 1. The Hall–Kier alpha value is -1.42. The van der Waals surface area contributed by atoms with Crippen LogP contribution in [-0.2, 0) is 13.0 Å². The predicted octanol–water partition coefficient (Wildman–Crippen LogP) is 3.52. The molecular weight excluding hydrogens is 253 g/mol. The molecule has 0 aliphatic carbocycles. The lowest BCUT2D eigenvalue weighted by Crippen LogP contribution is -2.24. The first-order valence-electron chi connectivity index (χ1n) is 7.50. The Morgan fingerprint density at radius 1 is 1.35 bits per heavy atom. The van der Waals surface area contributed by atoms with Crippen LogP contribution in [0.25, 0.3) is 11.0 Å². The number of hydrogen-bond acceptors (Lipinski definition) is 2. The average molecular weight is 277 g/mol. The van der Waals surface area contributed by atoms with Crippen LogP contribution in [0.15, 0.2) is 18.2 Å². The zero-order valence-corrected chi connectivity index (χ0v) is 12.6.